The third-order valence-electron chi connectivity index (χ3n) is 6.59. The summed E-state index contributed by atoms with van der Waals surface area (Å²) in [5.74, 6) is 1.00. The van der Waals surface area contributed by atoms with Crippen LogP contribution in [-0.2, 0) is 16.0 Å². The van der Waals surface area contributed by atoms with Gasteiger partial charge in [-0.05, 0) is 24.6 Å². The molecule has 9 heteroatoms. The van der Waals surface area contributed by atoms with Crippen molar-refractivity contribution in [3.05, 3.63) is 89.6 Å². The minimum absolute atomic E-state index is 0.0812. The molecule has 1 saturated heterocycles. The van der Waals surface area contributed by atoms with Crippen molar-refractivity contribution in [2.24, 2.45) is 4.99 Å². The second-order valence-electron chi connectivity index (χ2n) is 9.10. The van der Waals surface area contributed by atoms with E-state index in [2.05, 4.69) is 32.3 Å². The van der Waals surface area contributed by atoms with E-state index in [0.29, 0.717) is 19.1 Å². The topological polar surface area (TPSA) is 106 Å². The summed E-state index contributed by atoms with van der Waals surface area (Å²) in [5.41, 5.74) is 4.28. The van der Waals surface area contributed by atoms with Crippen LogP contribution < -0.4 is 10.2 Å². The summed E-state index contributed by atoms with van der Waals surface area (Å²) in [6.07, 6.45) is 1.12. The molecular formula is C28H26N6O3. The maximum atomic E-state index is 13.2. The number of aliphatic imine (C=N–C) groups is 1. The molecule has 1 unspecified atom stereocenters. The van der Waals surface area contributed by atoms with Gasteiger partial charge in [-0.15, -0.1) is 5.10 Å². The molecule has 0 radical (unpaired) electrons. The van der Waals surface area contributed by atoms with Gasteiger partial charge >= 0.3 is 6.01 Å². The Morgan fingerprint density at radius 3 is 2.65 bits per heavy atom. The summed E-state index contributed by atoms with van der Waals surface area (Å²) < 4.78 is 11.6. The number of anilines is 2. The van der Waals surface area contributed by atoms with E-state index in [1.165, 1.54) is 0 Å². The molecule has 9 nitrogen and oxygen atoms in total. The Labute approximate surface area is 214 Å². The summed E-state index contributed by atoms with van der Waals surface area (Å²) in [6.45, 7) is 4.07. The molecule has 0 amide bonds. The lowest BCUT2D eigenvalue weighted by molar-refractivity contribution is -0.119. The van der Waals surface area contributed by atoms with Crippen LogP contribution in [0.3, 0.4) is 0 Å². The van der Waals surface area contributed by atoms with Crippen molar-refractivity contribution in [2.75, 3.05) is 30.0 Å². The maximum Gasteiger partial charge on any atom is 0.317 e. The lowest BCUT2D eigenvalue weighted by atomic mass is 9.96. The Balaban J connectivity index is 1.32. The van der Waals surface area contributed by atoms with Crippen LogP contribution >= 0.6 is 0 Å². The number of pyridine rings is 1. The van der Waals surface area contributed by atoms with Gasteiger partial charge in [0.25, 0.3) is 5.89 Å². The van der Waals surface area contributed by atoms with Crippen LogP contribution in [0.2, 0.25) is 0 Å². The highest BCUT2D eigenvalue weighted by Crippen LogP contribution is 2.31. The number of hydrogen-bond donors (Lipinski definition) is 1. The molecule has 0 saturated carbocycles. The molecule has 6 rings (SSSR count). The second-order valence-corrected chi connectivity index (χ2v) is 9.10. The van der Waals surface area contributed by atoms with Gasteiger partial charge in [-0.2, -0.15) is 0 Å². The fourth-order valence-corrected chi connectivity index (χ4v) is 4.74. The number of ether oxygens (including phenoxy) is 1. The van der Waals surface area contributed by atoms with Crippen molar-refractivity contribution in [2.45, 2.75) is 25.6 Å². The third-order valence-corrected chi connectivity index (χ3v) is 6.59. The van der Waals surface area contributed by atoms with Crippen LogP contribution in [0.5, 0.6) is 0 Å². The van der Waals surface area contributed by atoms with Gasteiger partial charge in [0, 0.05) is 30.3 Å². The average Bonchev–Trinajstić information content (AvgIpc) is 3.35. The van der Waals surface area contributed by atoms with Crippen molar-refractivity contribution in [1.82, 2.24) is 15.2 Å². The van der Waals surface area contributed by atoms with Gasteiger partial charge in [0.05, 0.1) is 30.5 Å². The van der Waals surface area contributed by atoms with Crippen LogP contribution in [0.4, 0.5) is 11.8 Å². The Bertz CT molecular complexity index is 1450. The van der Waals surface area contributed by atoms with Crippen molar-refractivity contribution in [3.8, 4) is 11.5 Å². The number of carbonyl (C=O) groups is 1. The summed E-state index contributed by atoms with van der Waals surface area (Å²) in [7, 11) is 0. The zero-order valence-electron chi connectivity index (χ0n) is 20.4. The fraction of sp³-hybridized carbons (Fsp3) is 0.250. The van der Waals surface area contributed by atoms with Gasteiger partial charge in [0.15, 0.2) is 11.9 Å². The fourth-order valence-electron chi connectivity index (χ4n) is 4.74. The number of nitrogens with one attached hydrogen (secondary N) is 1. The standard InChI is InChI=1S/C28H26N6O3/c1-18-17-36-15-14-34(18)26-22(12-7-13-29-26)27-32-33-28(37-27)31-25-23(35)16-20-10-5-6-11-21(20)24(30-25)19-8-3-2-4-9-19/h2-13,18,25H,14-17H2,1H3,(H,31,33)/t18-,25?/m1/s1. The smallest absolute Gasteiger partial charge is 0.317 e. The predicted octanol–water partition coefficient (Wildman–Crippen LogP) is 3.76. The zero-order valence-corrected chi connectivity index (χ0v) is 20.4. The number of fused-ring (bicyclic) bond motifs is 1. The number of carbonyl (C=O) groups excluding carboxylic acids is 1. The minimum Gasteiger partial charge on any atom is -0.403 e. The van der Waals surface area contributed by atoms with Crippen molar-refractivity contribution < 1.29 is 13.9 Å². The summed E-state index contributed by atoms with van der Waals surface area (Å²) in [6, 6.07) is 21.7. The number of rotatable bonds is 5. The van der Waals surface area contributed by atoms with Gasteiger partial charge in [-0.25, -0.2) is 4.98 Å². The van der Waals surface area contributed by atoms with E-state index in [9.17, 15) is 4.79 Å². The monoisotopic (exact) mass is 494 g/mol. The maximum absolute atomic E-state index is 13.2. The molecule has 2 aromatic heterocycles. The second kappa shape index (κ2) is 9.94. The van der Waals surface area contributed by atoms with Crippen LogP contribution in [-0.4, -0.2) is 58.6 Å². The van der Waals surface area contributed by atoms with E-state index in [-0.39, 0.29) is 24.3 Å². The Hall–Kier alpha value is -4.37. The van der Waals surface area contributed by atoms with E-state index in [0.717, 1.165) is 40.3 Å². The molecular weight excluding hydrogens is 468 g/mol. The van der Waals surface area contributed by atoms with E-state index in [4.69, 9.17) is 14.1 Å². The average molecular weight is 495 g/mol. The van der Waals surface area contributed by atoms with Crippen molar-refractivity contribution in [1.29, 1.82) is 0 Å². The minimum atomic E-state index is -0.872. The number of morpholine rings is 1. The van der Waals surface area contributed by atoms with Crippen molar-refractivity contribution in [3.63, 3.8) is 0 Å². The summed E-state index contributed by atoms with van der Waals surface area (Å²) >= 11 is 0. The Morgan fingerprint density at radius 1 is 0.973 bits per heavy atom. The molecule has 1 fully saturated rings. The molecule has 186 valence electrons. The summed E-state index contributed by atoms with van der Waals surface area (Å²) in [5, 5.41) is 11.5. The Morgan fingerprint density at radius 2 is 1.78 bits per heavy atom. The Kier molecular flexibility index (Phi) is 6.20. The molecule has 4 aromatic rings. The molecule has 4 heterocycles. The lowest BCUT2D eigenvalue weighted by Crippen LogP contribution is -2.44. The van der Waals surface area contributed by atoms with Crippen LogP contribution in [0.15, 0.2) is 82.3 Å². The van der Waals surface area contributed by atoms with Gasteiger partial charge in [0.2, 0.25) is 0 Å². The van der Waals surface area contributed by atoms with Gasteiger partial charge in [-0.1, -0.05) is 59.7 Å². The number of hydrogen-bond acceptors (Lipinski definition) is 9. The number of aromatic nitrogens is 3. The van der Waals surface area contributed by atoms with Gasteiger partial charge in [0.1, 0.15) is 5.82 Å². The first kappa shape index (κ1) is 23.1. The molecule has 37 heavy (non-hydrogen) atoms. The van der Waals surface area contributed by atoms with Gasteiger partial charge in [-0.3, -0.25) is 9.79 Å². The first-order chi connectivity index (χ1) is 18.2. The van der Waals surface area contributed by atoms with E-state index in [1.54, 1.807) is 6.20 Å². The zero-order chi connectivity index (χ0) is 25.2. The highest BCUT2D eigenvalue weighted by molar-refractivity contribution is 6.16. The van der Waals surface area contributed by atoms with Gasteiger partial charge < -0.3 is 19.4 Å². The molecule has 0 aliphatic carbocycles. The first-order valence-corrected chi connectivity index (χ1v) is 12.3. The number of benzene rings is 2. The SMILES string of the molecule is C[C@@H]1COCCN1c1ncccc1-c1nnc(NC2N=C(c3ccccc3)c3ccccc3CC2=O)o1. The first-order valence-electron chi connectivity index (χ1n) is 12.3. The van der Waals surface area contributed by atoms with Crippen molar-refractivity contribution >= 4 is 23.3 Å². The largest absolute Gasteiger partial charge is 0.403 e. The predicted molar refractivity (Wildman–Crippen MR) is 140 cm³/mol. The van der Waals surface area contributed by atoms with Crippen LogP contribution in [0.25, 0.3) is 11.5 Å². The molecule has 0 bridgehead atoms. The molecule has 2 atom stereocenters. The normalized spacial score (nSPS) is 19.6. The molecule has 0 spiro atoms. The summed E-state index contributed by atoms with van der Waals surface area (Å²) in [4.78, 5) is 24.9. The molecule has 2 aliphatic heterocycles. The quantitative estimate of drug-likeness (QED) is 0.447. The van der Waals surface area contributed by atoms with E-state index < -0.39 is 6.17 Å². The highest BCUT2D eigenvalue weighted by Gasteiger charge is 2.28. The number of ketones is 1. The number of nitrogens with zero attached hydrogens (tertiary/aromatic N) is 5. The lowest BCUT2D eigenvalue weighted by Gasteiger charge is -2.34. The third kappa shape index (κ3) is 4.61. The molecule has 2 aliphatic rings. The highest BCUT2D eigenvalue weighted by atomic mass is 16.5. The van der Waals surface area contributed by atoms with Crippen LogP contribution in [0.1, 0.15) is 23.6 Å². The van der Waals surface area contributed by atoms with E-state index >= 15 is 0 Å². The van der Waals surface area contributed by atoms with Crippen LogP contribution in [0, 0.1) is 0 Å². The number of Topliss-reactive ketones (excluding diaryl/α,β-unsaturated/α-hetero) is 1. The molecule has 1 N–H and O–H groups in total. The molecule has 2 aromatic carbocycles. The van der Waals surface area contributed by atoms with E-state index in [1.807, 2.05) is 66.7 Å².